The predicted octanol–water partition coefficient (Wildman–Crippen LogP) is 1.95. The Hall–Kier alpha value is -1.86. The highest BCUT2D eigenvalue weighted by molar-refractivity contribution is 9.10. The molecule has 0 bridgehead atoms. The fraction of sp³-hybridized carbons (Fsp3) is 0.619. The van der Waals surface area contributed by atoms with Gasteiger partial charge < -0.3 is 24.3 Å². The van der Waals surface area contributed by atoms with Crippen molar-refractivity contribution in [2.75, 3.05) is 59.3 Å². The van der Waals surface area contributed by atoms with E-state index in [2.05, 4.69) is 32.2 Å². The van der Waals surface area contributed by atoms with E-state index in [0.29, 0.717) is 53.8 Å². The van der Waals surface area contributed by atoms with E-state index in [4.69, 9.17) is 24.2 Å². The monoisotopic (exact) mass is 481 g/mol. The number of nitrogens with one attached hydrogen (secondary N) is 1. The van der Waals surface area contributed by atoms with Crippen molar-refractivity contribution in [2.45, 2.75) is 19.4 Å². The number of hydrogen-bond acceptors (Lipinski definition) is 7. The molecule has 0 spiro atoms. The van der Waals surface area contributed by atoms with Crippen molar-refractivity contribution in [3.8, 4) is 17.6 Å². The first-order chi connectivity index (χ1) is 14.6. The first-order valence-corrected chi connectivity index (χ1v) is 11.1. The first kappa shape index (κ1) is 22.8. The van der Waals surface area contributed by atoms with Gasteiger partial charge in [0.05, 0.1) is 42.5 Å². The second-order valence-corrected chi connectivity index (χ2v) is 8.12. The summed E-state index contributed by atoms with van der Waals surface area (Å²) >= 11 is 3.40. The van der Waals surface area contributed by atoms with Gasteiger partial charge in [0.25, 0.3) is 5.91 Å². The molecule has 3 rings (SSSR count). The van der Waals surface area contributed by atoms with Gasteiger partial charge in [-0.15, -0.1) is 0 Å². The van der Waals surface area contributed by atoms with Gasteiger partial charge in [-0.25, -0.2) is 0 Å². The van der Waals surface area contributed by atoms with Gasteiger partial charge in [0.2, 0.25) is 0 Å². The largest absolute Gasteiger partial charge is 0.490 e. The molecule has 2 fully saturated rings. The standard InChI is InChI=1S/C21H28BrN3O5/c1-2-29-19-10-15(11-23)9-17(22)21(19)30-14-20(26)24-12-18(16-3-6-28-13-16)25-4-7-27-8-5-25/h9-10,16,18H,2-8,12-14H2,1H3,(H,24,26). The molecule has 8 nitrogen and oxygen atoms in total. The average molecular weight is 482 g/mol. The number of ether oxygens (including phenoxy) is 4. The third-order valence-corrected chi connectivity index (χ3v) is 5.91. The van der Waals surface area contributed by atoms with Crippen molar-refractivity contribution in [3.63, 3.8) is 0 Å². The second-order valence-electron chi connectivity index (χ2n) is 7.26. The molecule has 2 unspecified atom stereocenters. The maximum absolute atomic E-state index is 12.5. The predicted molar refractivity (Wildman–Crippen MR) is 114 cm³/mol. The molecule has 30 heavy (non-hydrogen) atoms. The van der Waals surface area contributed by atoms with Crippen LogP contribution in [0, 0.1) is 17.2 Å². The molecule has 2 aliphatic rings. The van der Waals surface area contributed by atoms with Crippen molar-refractivity contribution >= 4 is 21.8 Å². The summed E-state index contributed by atoms with van der Waals surface area (Å²) in [6.45, 7) is 7.34. The lowest BCUT2D eigenvalue weighted by Crippen LogP contribution is -2.52. The third kappa shape index (κ3) is 6.08. The first-order valence-electron chi connectivity index (χ1n) is 10.3. The Kier molecular flexibility index (Phi) is 8.75. The summed E-state index contributed by atoms with van der Waals surface area (Å²) in [6, 6.07) is 5.55. The summed E-state index contributed by atoms with van der Waals surface area (Å²) in [5.41, 5.74) is 0.453. The maximum atomic E-state index is 12.5. The molecule has 0 radical (unpaired) electrons. The Labute approximate surface area is 185 Å². The molecule has 2 aliphatic heterocycles. The van der Waals surface area contributed by atoms with Crippen LogP contribution in [0.4, 0.5) is 0 Å². The number of hydrogen-bond donors (Lipinski definition) is 1. The molecule has 0 saturated carbocycles. The smallest absolute Gasteiger partial charge is 0.257 e. The minimum Gasteiger partial charge on any atom is -0.490 e. The molecular weight excluding hydrogens is 454 g/mol. The van der Waals surface area contributed by atoms with Gasteiger partial charge in [0.15, 0.2) is 18.1 Å². The SMILES string of the molecule is CCOc1cc(C#N)cc(Br)c1OCC(=O)NCC(C1CCOC1)N1CCOCC1. The van der Waals surface area contributed by atoms with Crippen LogP contribution < -0.4 is 14.8 Å². The van der Waals surface area contributed by atoms with Crippen LogP contribution in [-0.4, -0.2) is 76.1 Å². The fourth-order valence-electron chi connectivity index (χ4n) is 3.80. The number of carbonyl (C=O) groups is 1. The van der Waals surface area contributed by atoms with Crippen LogP contribution in [0.2, 0.25) is 0 Å². The van der Waals surface area contributed by atoms with Crippen molar-refractivity contribution in [3.05, 3.63) is 22.2 Å². The van der Waals surface area contributed by atoms with Gasteiger partial charge in [-0.05, 0) is 35.3 Å². The molecule has 2 heterocycles. The number of halogens is 1. The van der Waals surface area contributed by atoms with Gasteiger partial charge in [-0.3, -0.25) is 9.69 Å². The Balaban J connectivity index is 1.57. The Morgan fingerprint density at radius 1 is 1.33 bits per heavy atom. The Morgan fingerprint density at radius 3 is 2.80 bits per heavy atom. The van der Waals surface area contributed by atoms with E-state index < -0.39 is 0 Å². The number of nitriles is 1. The van der Waals surface area contributed by atoms with Crippen LogP contribution in [0.15, 0.2) is 16.6 Å². The number of nitrogens with zero attached hydrogens (tertiary/aromatic N) is 2. The summed E-state index contributed by atoms with van der Waals surface area (Å²) in [4.78, 5) is 14.9. The van der Waals surface area contributed by atoms with Crippen molar-refractivity contribution in [1.29, 1.82) is 5.26 Å². The molecule has 1 N–H and O–H groups in total. The van der Waals surface area contributed by atoms with Crippen molar-refractivity contribution < 1.29 is 23.7 Å². The highest BCUT2D eigenvalue weighted by Gasteiger charge is 2.31. The third-order valence-electron chi connectivity index (χ3n) is 5.32. The molecule has 1 aromatic rings. The Bertz CT molecular complexity index is 758. The normalized spacial score (nSPS) is 20.4. The molecule has 1 aromatic carbocycles. The van der Waals surface area contributed by atoms with Crippen LogP contribution in [0.25, 0.3) is 0 Å². The maximum Gasteiger partial charge on any atom is 0.257 e. The van der Waals surface area contributed by atoms with Gasteiger partial charge in [-0.1, -0.05) is 0 Å². The van der Waals surface area contributed by atoms with Crippen molar-refractivity contribution in [1.82, 2.24) is 10.2 Å². The molecule has 164 valence electrons. The van der Waals surface area contributed by atoms with Crippen LogP contribution in [-0.2, 0) is 14.3 Å². The lowest BCUT2D eigenvalue weighted by atomic mass is 9.97. The molecule has 2 atom stereocenters. The van der Waals surface area contributed by atoms with E-state index in [1.54, 1.807) is 12.1 Å². The summed E-state index contributed by atoms with van der Waals surface area (Å²) < 4.78 is 22.9. The number of benzene rings is 1. The Morgan fingerprint density at radius 2 is 2.13 bits per heavy atom. The number of rotatable bonds is 9. The summed E-state index contributed by atoms with van der Waals surface area (Å²) in [5.74, 6) is 1.05. The molecule has 0 aliphatic carbocycles. The number of amides is 1. The van der Waals surface area contributed by atoms with Crippen molar-refractivity contribution in [2.24, 2.45) is 5.92 Å². The van der Waals surface area contributed by atoms with E-state index >= 15 is 0 Å². The number of carbonyl (C=O) groups excluding carboxylic acids is 1. The molecule has 1 amide bonds. The molecule has 2 saturated heterocycles. The lowest BCUT2D eigenvalue weighted by Gasteiger charge is -2.37. The molecule has 0 aromatic heterocycles. The molecular formula is C21H28BrN3O5. The minimum atomic E-state index is -0.203. The van der Waals surface area contributed by atoms with E-state index in [9.17, 15) is 4.79 Å². The van der Waals surface area contributed by atoms with E-state index in [1.807, 2.05) is 6.92 Å². The lowest BCUT2D eigenvalue weighted by molar-refractivity contribution is -0.123. The van der Waals surface area contributed by atoms with Crippen LogP contribution in [0.3, 0.4) is 0 Å². The van der Waals surface area contributed by atoms with Gasteiger partial charge in [0, 0.05) is 44.3 Å². The quantitative estimate of drug-likeness (QED) is 0.575. The van der Waals surface area contributed by atoms with Crippen LogP contribution in [0.5, 0.6) is 11.5 Å². The van der Waals surface area contributed by atoms with Crippen LogP contribution in [0.1, 0.15) is 18.9 Å². The second kappa shape index (κ2) is 11.5. The number of morpholine rings is 1. The van der Waals surface area contributed by atoms with Gasteiger partial charge in [-0.2, -0.15) is 5.26 Å². The van der Waals surface area contributed by atoms with Crippen LogP contribution >= 0.6 is 15.9 Å². The zero-order valence-electron chi connectivity index (χ0n) is 17.2. The zero-order chi connectivity index (χ0) is 21.3. The van der Waals surface area contributed by atoms with Gasteiger partial charge in [0.1, 0.15) is 0 Å². The van der Waals surface area contributed by atoms with Gasteiger partial charge >= 0.3 is 0 Å². The zero-order valence-corrected chi connectivity index (χ0v) is 18.8. The highest BCUT2D eigenvalue weighted by atomic mass is 79.9. The molecule has 9 heteroatoms. The highest BCUT2D eigenvalue weighted by Crippen LogP contribution is 2.36. The topological polar surface area (TPSA) is 93.0 Å². The fourth-order valence-corrected chi connectivity index (χ4v) is 4.36. The summed E-state index contributed by atoms with van der Waals surface area (Å²) in [6.07, 6.45) is 1.00. The summed E-state index contributed by atoms with van der Waals surface area (Å²) in [5, 5.41) is 12.1. The minimum absolute atomic E-state index is 0.137. The van der Waals surface area contributed by atoms with E-state index in [0.717, 1.165) is 32.7 Å². The average Bonchev–Trinajstić information content (AvgIpc) is 3.28. The van der Waals surface area contributed by atoms with E-state index in [1.165, 1.54) is 0 Å². The summed E-state index contributed by atoms with van der Waals surface area (Å²) in [7, 11) is 0. The van der Waals surface area contributed by atoms with E-state index in [-0.39, 0.29) is 18.6 Å².